The van der Waals surface area contributed by atoms with E-state index in [0.29, 0.717) is 24.6 Å². The summed E-state index contributed by atoms with van der Waals surface area (Å²) in [7, 11) is 1.92. The van der Waals surface area contributed by atoms with Crippen molar-refractivity contribution in [1.29, 1.82) is 0 Å². The smallest absolute Gasteiger partial charge is 0.259 e. The van der Waals surface area contributed by atoms with Gasteiger partial charge in [-0.3, -0.25) is 9.48 Å². The molecule has 3 aromatic rings. The summed E-state index contributed by atoms with van der Waals surface area (Å²) in [5.41, 5.74) is 3.16. The predicted molar refractivity (Wildman–Crippen MR) is 98.0 cm³/mol. The monoisotopic (exact) mass is 368 g/mol. The van der Waals surface area contributed by atoms with E-state index < -0.39 is 6.10 Å². The standard InChI is InChI=1S/C19H24N6O2/c1-22-8-9-25-18(22)15(11-20-25)19(27)23-6-3-7-24-14(12-23)10-16(21-24)17(26)13-4-2-5-13/h8-11,13,17,26H,2-7,12H2,1H3/t17-/m0/s1. The zero-order chi connectivity index (χ0) is 18.5. The van der Waals surface area contributed by atoms with Crippen molar-refractivity contribution in [1.82, 2.24) is 28.9 Å². The van der Waals surface area contributed by atoms with Crippen molar-refractivity contribution >= 4 is 11.6 Å². The van der Waals surface area contributed by atoms with Gasteiger partial charge in [-0.2, -0.15) is 10.2 Å². The minimum Gasteiger partial charge on any atom is -0.386 e. The van der Waals surface area contributed by atoms with Gasteiger partial charge >= 0.3 is 0 Å². The second-order valence-electron chi connectivity index (χ2n) is 7.74. The second-order valence-corrected chi connectivity index (χ2v) is 7.74. The van der Waals surface area contributed by atoms with E-state index in [1.165, 1.54) is 6.42 Å². The minimum atomic E-state index is -0.485. The number of aliphatic hydroxyl groups is 1. The molecule has 8 nitrogen and oxygen atoms in total. The Morgan fingerprint density at radius 2 is 2.11 bits per heavy atom. The van der Waals surface area contributed by atoms with E-state index in [0.717, 1.165) is 42.8 Å². The minimum absolute atomic E-state index is 0.0115. The van der Waals surface area contributed by atoms with Crippen LogP contribution in [0.5, 0.6) is 0 Å². The van der Waals surface area contributed by atoms with Crippen LogP contribution >= 0.6 is 0 Å². The molecule has 0 aromatic carbocycles. The Morgan fingerprint density at radius 1 is 1.26 bits per heavy atom. The summed E-state index contributed by atoms with van der Waals surface area (Å²) < 4.78 is 5.60. The molecule has 0 radical (unpaired) electrons. The fourth-order valence-electron chi connectivity index (χ4n) is 4.17. The van der Waals surface area contributed by atoms with Crippen LogP contribution in [0.4, 0.5) is 0 Å². The molecule has 5 rings (SSSR count). The van der Waals surface area contributed by atoms with Crippen molar-refractivity contribution in [3.8, 4) is 0 Å². The number of carbonyl (C=O) groups excluding carboxylic acids is 1. The summed E-state index contributed by atoms with van der Waals surface area (Å²) in [4.78, 5) is 15.0. The van der Waals surface area contributed by atoms with Crippen LogP contribution < -0.4 is 0 Å². The van der Waals surface area contributed by atoms with Gasteiger partial charge in [-0.05, 0) is 31.2 Å². The van der Waals surface area contributed by atoms with E-state index in [9.17, 15) is 9.90 Å². The largest absolute Gasteiger partial charge is 0.386 e. The van der Waals surface area contributed by atoms with Crippen LogP contribution in [0.3, 0.4) is 0 Å². The van der Waals surface area contributed by atoms with Gasteiger partial charge in [0.1, 0.15) is 17.3 Å². The highest BCUT2D eigenvalue weighted by atomic mass is 16.3. The van der Waals surface area contributed by atoms with Gasteiger partial charge < -0.3 is 14.6 Å². The van der Waals surface area contributed by atoms with Gasteiger partial charge in [-0.25, -0.2) is 4.52 Å². The van der Waals surface area contributed by atoms with Crippen molar-refractivity contribution in [2.24, 2.45) is 13.0 Å². The molecule has 2 aliphatic rings. The van der Waals surface area contributed by atoms with Gasteiger partial charge in [0.25, 0.3) is 5.91 Å². The average molecular weight is 368 g/mol. The summed E-state index contributed by atoms with van der Waals surface area (Å²) in [6.45, 7) is 1.96. The number of rotatable bonds is 3. The molecule has 1 aliphatic heterocycles. The van der Waals surface area contributed by atoms with Crippen LogP contribution in [-0.2, 0) is 20.1 Å². The zero-order valence-electron chi connectivity index (χ0n) is 15.5. The summed E-state index contributed by atoms with van der Waals surface area (Å²) in [5, 5.41) is 19.5. The normalized spacial score (nSPS) is 19.0. The van der Waals surface area contributed by atoms with E-state index in [2.05, 4.69) is 10.2 Å². The number of carbonyl (C=O) groups is 1. The first-order valence-corrected chi connectivity index (χ1v) is 9.64. The van der Waals surface area contributed by atoms with E-state index in [1.807, 2.05) is 39.7 Å². The molecule has 0 bridgehead atoms. The Bertz CT molecular complexity index is 995. The molecular weight excluding hydrogens is 344 g/mol. The van der Waals surface area contributed by atoms with Crippen molar-refractivity contribution in [2.45, 2.75) is 44.9 Å². The van der Waals surface area contributed by atoms with Gasteiger partial charge in [-0.15, -0.1) is 0 Å². The van der Waals surface area contributed by atoms with Gasteiger partial charge in [0.05, 0.1) is 24.1 Å². The summed E-state index contributed by atoms with van der Waals surface area (Å²) in [6, 6.07) is 1.98. The van der Waals surface area contributed by atoms with Crippen LogP contribution in [0.2, 0.25) is 0 Å². The Morgan fingerprint density at radius 3 is 2.89 bits per heavy atom. The maximum Gasteiger partial charge on any atom is 0.259 e. The number of aryl methyl sites for hydroxylation is 2. The number of hydrogen-bond acceptors (Lipinski definition) is 4. The number of fused-ring (bicyclic) bond motifs is 2. The van der Waals surface area contributed by atoms with Gasteiger partial charge in [0, 0.05) is 32.5 Å². The Kier molecular flexibility index (Phi) is 3.82. The summed E-state index contributed by atoms with van der Waals surface area (Å²) in [5.74, 6) is 0.322. The lowest BCUT2D eigenvalue weighted by molar-refractivity contribution is 0.0580. The molecule has 4 heterocycles. The first-order valence-electron chi connectivity index (χ1n) is 9.64. The summed E-state index contributed by atoms with van der Waals surface area (Å²) in [6.07, 6.45) is 9.08. The van der Waals surface area contributed by atoms with Crippen LogP contribution in [0.15, 0.2) is 24.7 Å². The van der Waals surface area contributed by atoms with E-state index in [-0.39, 0.29) is 5.91 Å². The topological polar surface area (TPSA) is 80.6 Å². The van der Waals surface area contributed by atoms with Crippen molar-refractivity contribution < 1.29 is 9.90 Å². The number of imidazole rings is 1. The molecule has 0 spiro atoms. The molecule has 1 aliphatic carbocycles. The zero-order valence-corrected chi connectivity index (χ0v) is 15.5. The lowest BCUT2D eigenvalue weighted by Crippen LogP contribution is -2.30. The lowest BCUT2D eigenvalue weighted by Gasteiger charge is -2.29. The van der Waals surface area contributed by atoms with E-state index in [4.69, 9.17) is 0 Å². The number of nitrogens with zero attached hydrogens (tertiary/aromatic N) is 6. The molecule has 1 amide bonds. The number of hydrogen-bond donors (Lipinski definition) is 1. The first-order chi connectivity index (χ1) is 13.1. The third-order valence-electron chi connectivity index (χ3n) is 5.98. The molecule has 1 atom stereocenters. The third kappa shape index (κ3) is 2.66. The molecule has 1 saturated carbocycles. The lowest BCUT2D eigenvalue weighted by atomic mass is 9.80. The number of amides is 1. The van der Waals surface area contributed by atoms with Crippen LogP contribution in [0.1, 0.15) is 53.5 Å². The van der Waals surface area contributed by atoms with Gasteiger partial charge in [0.2, 0.25) is 0 Å². The molecule has 0 unspecified atom stereocenters. The van der Waals surface area contributed by atoms with Gasteiger partial charge in [0.15, 0.2) is 0 Å². The van der Waals surface area contributed by atoms with Gasteiger partial charge in [-0.1, -0.05) is 6.42 Å². The molecular formula is C19H24N6O2. The quantitative estimate of drug-likeness (QED) is 0.764. The van der Waals surface area contributed by atoms with Crippen LogP contribution in [0, 0.1) is 5.92 Å². The average Bonchev–Trinajstić information content (AvgIpc) is 3.26. The maximum atomic E-state index is 13.2. The highest BCUT2D eigenvalue weighted by molar-refractivity contribution is 5.99. The number of aromatic nitrogens is 5. The molecule has 27 heavy (non-hydrogen) atoms. The van der Waals surface area contributed by atoms with E-state index >= 15 is 0 Å². The SMILES string of the molecule is Cn1ccn2ncc(C(=O)N3CCCn4nc([C@@H](O)C5CCC5)cc4C3)c12. The fraction of sp³-hybridized carbons (Fsp3) is 0.526. The molecule has 3 aromatic heterocycles. The van der Waals surface area contributed by atoms with Crippen LogP contribution in [-0.4, -0.2) is 46.4 Å². The fourth-order valence-corrected chi connectivity index (χ4v) is 4.17. The van der Waals surface area contributed by atoms with Crippen molar-refractivity contribution in [3.63, 3.8) is 0 Å². The maximum absolute atomic E-state index is 13.2. The third-order valence-corrected chi connectivity index (χ3v) is 5.98. The highest BCUT2D eigenvalue weighted by Crippen LogP contribution is 2.37. The second kappa shape index (κ2) is 6.23. The van der Waals surface area contributed by atoms with Crippen LogP contribution in [0.25, 0.3) is 5.65 Å². The number of aliphatic hydroxyl groups excluding tert-OH is 1. The van der Waals surface area contributed by atoms with Crippen molar-refractivity contribution in [3.05, 3.63) is 41.6 Å². The summed E-state index contributed by atoms with van der Waals surface area (Å²) >= 11 is 0. The Balaban J connectivity index is 1.41. The first kappa shape index (κ1) is 16.6. The Labute approximate surface area is 157 Å². The molecule has 8 heteroatoms. The van der Waals surface area contributed by atoms with Crippen molar-refractivity contribution in [2.75, 3.05) is 6.54 Å². The molecule has 1 N–H and O–H groups in total. The predicted octanol–water partition coefficient (Wildman–Crippen LogP) is 1.75. The van der Waals surface area contributed by atoms with E-state index in [1.54, 1.807) is 10.7 Å². The Hall–Kier alpha value is -2.61. The highest BCUT2D eigenvalue weighted by Gasteiger charge is 2.30. The molecule has 1 fully saturated rings. The molecule has 142 valence electrons. The molecule has 0 saturated heterocycles.